The molecule has 5 nitrogen and oxygen atoms in total. The van der Waals surface area contributed by atoms with Crippen LogP contribution in [0.5, 0.6) is 0 Å². The summed E-state index contributed by atoms with van der Waals surface area (Å²) in [6.07, 6.45) is 11.4. The minimum absolute atomic E-state index is 0.0348. The molecule has 1 unspecified atom stereocenters. The van der Waals surface area contributed by atoms with Crippen LogP contribution in [0.25, 0.3) is 0 Å². The number of fused-ring (bicyclic) bond motifs is 1. The van der Waals surface area contributed by atoms with Gasteiger partial charge in [0.15, 0.2) is 0 Å². The summed E-state index contributed by atoms with van der Waals surface area (Å²) in [6, 6.07) is 5.33. The highest BCUT2D eigenvalue weighted by molar-refractivity contribution is 6.35. The van der Waals surface area contributed by atoms with Crippen molar-refractivity contribution in [2.75, 3.05) is 6.54 Å². The standard InChI is InChI=1S/C22H28Cl2N4O/c23-17-8-7-16(18(24)12-17)13-25-22(29)28-11-10-19-21(27-14-26-19)20(28)9-6-15-4-2-1-3-5-15/h7-8,12,14-15,20H,1-6,9-11,13H2,(H,25,29)(H,26,27). The summed E-state index contributed by atoms with van der Waals surface area (Å²) in [6.45, 7) is 1.08. The van der Waals surface area contributed by atoms with E-state index in [4.69, 9.17) is 23.2 Å². The van der Waals surface area contributed by atoms with E-state index in [0.717, 1.165) is 36.4 Å². The third kappa shape index (κ3) is 4.89. The third-order valence-electron chi connectivity index (χ3n) is 6.33. The maximum atomic E-state index is 13.1. The van der Waals surface area contributed by atoms with Gasteiger partial charge in [-0.05, 0) is 36.5 Å². The molecule has 2 aliphatic rings. The predicted octanol–water partition coefficient (Wildman–Crippen LogP) is 5.89. The third-order valence-corrected chi connectivity index (χ3v) is 6.91. The van der Waals surface area contributed by atoms with Crippen LogP contribution in [0.15, 0.2) is 24.5 Å². The number of urea groups is 1. The van der Waals surface area contributed by atoms with Crippen LogP contribution in [0.4, 0.5) is 4.79 Å². The fourth-order valence-corrected chi connectivity index (χ4v) is 5.17. The van der Waals surface area contributed by atoms with Gasteiger partial charge in [-0.2, -0.15) is 0 Å². The second kappa shape index (κ2) is 9.40. The van der Waals surface area contributed by atoms with E-state index in [1.165, 1.54) is 37.8 Å². The number of rotatable bonds is 5. The molecule has 1 aromatic carbocycles. The first-order chi connectivity index (χ1) is 14.1. The van der Waals surface area contributed by atoms with E-state index in [9.17, 15) is 4.79 Å². The molecule has 1 aromatic heterocycles. The molecule has 1 aliphatic carbocycles. The minimum atomic E-state index is -0.0571. The van der Waals surface area contributed by atoms with Gasteiger partial charge in [-0.25, -0.2) is 9.78 Å². The van der Waals surface area contributed by atoms with E-state index in [1.807, 2.05) is 11.0 Å². The Kier molecular flexibility index (Phi) is 6.66. The van der Waals surface area contributed by atoms with Crippen LogP contribution in [-0.2, 0) is 13.0 Å². The molecular weight excluding hydrogens is 407 g/mol. The quantitative estimate of drug-likeness (QED) is 0.616. The van der Waals surface area contributed by atoms with Gasteiger partial charge in [0.05, 0.1) is 18.1 Å². The second-order valence-electron chi connectivity index (χ2n) is 8.20. The molecule has 0 bridgehead atoms. The van der Waals surface area contributed by atoms with Crippen molar-refractivity contribution < 1.29 is 4.79 Å². The molecule has 7 heteroatoms. The largest absolute Gasteiger partial charge is 0.348 e. The number of amides is 2. The van der Waals surface area contributed by atoms with E-state index in [2.05, 4.69) is 15.3 Å². The molecule has 1 fully saturated rings. The van der Waals surface area contributed by atoms with Crippen LogP contribution in [0.3, 0.4) is 0 Å². The van der Waals surface area contributed by atoms with Crippen LogP contribution in [0, 0.1) is 5.92 Å². The average Bonchev–Trinajstić information content (AvgIpc) is 3.21. The number of nitrogens with zero attached hydrogens (tertiary/aromatic N) is 2. The molecule has 2 heterocycles. The average molecular weight is 435 g/mol. The molecule has 1 saturated carbocycles. The zero-order valence-corrected chi connectivity index (χ0v) is 18.1. The Morgan fingerprint density at radius 3 is 2.83 bits per heavy atom. The Labute approximate surface area is 182 Å². The number of aromatic amines is 1. The first-order valence-corrected chi connectivity index (χ1v) is 11.4. The van der Waals surface area contributed by atoms with Crippen LogP contribution in [0.2, 0.25) is 10.0 Å². The molecule has 0 spiro atoms. The van der Waals surface area contributed by atoms with Gasteiger partial charge >= 0.3 is 6.03 Å². The first kappa shape index (κ1) is 20.5. The maximum Gasteiger partial charge on any atom is 0.318 e. The Hall–Kier alpha value is -1.72. The lowest BCUT2D eigenvalue weighted by atomic mass is 9.84. The number of nitrogens with one attached hydrogen (secondary N) is 2. The summed E-state index contributed by atoms with van der Waals surface area (Å²) in [5.74, 6) is 0.783. The molecule has 2 amide bonds. The van der Waals surface area contributed by atoms with Gasteiger partial charge in [-0.15, -0.1) is 0 Å². The summed E-state index contributed by atoms with van der Waals surface area (Å²) < 4.78 is 0. The first-order valence-electron chi connectivity index (χ1n) is 10.6. The van der Waals surface area contributed by atoms with Gasteiger partial charge in [0, 0.05) is 35.2 Å². The lowest BCUT2D eigenvalue weighted by Gasteiger charge is -2.36. The molecule has 0 saturated heterocycles. The second-order valence-corrected chi connectivity index (χ2v) is 9.04. The molecule has 4 rings (SSSR count). The van der Waals surface area contributed by atoms with E-state index in [0.29, 0.717) is 23.1 Å². The lowest BCUT2D eigenvalue weighted by Crippen LogP contribution is -2.45. The van der Waals surface area contributed by atoms with Crippen molar-refractivity contribution in [3.63, 3.8) is 0 Å². The molecule has 1 aliphatic heterocycles. The molecule has 1 atom stereocenters. The fraction of sp³-hybridized carbons (Fsp3) is 0.545. The highest BCUT2D eigenvalue weighted by Crippen LogP contribution is 2.35. The number of aromatic nitrogens is 2. The summed E-state index contributed by atoms with van der Waals surface area (Å²) in [5, 5.41) is 4.20. The molecule has 0 radical (unpaired) electrons. The van der Waals surface area contributed by atoms with Crippen molar-refractivity contribution in [3.05, 3.63) is 51.5 Å². The highest BCUT2D eigenvalue weighted by atomic mass is 35.5. The van der Waals surface area contributed by atoms with Crippen molar-refractivity contribution in [2.24, 2.45) is 5.92 Å². The van der Waals surface area contributed by atoms with Crippen molar-refractivity contribution in [2.45, 2.75) is 64.0 Å². The Morgan fingerprint density at radius 2 is 2.03 bits per heavy atom. The van der Waals surface area contributed by atoms with Crippen molar-refractivity contribution in [3.8, 4) is 0 Å². The fourth-order valence-electron chi connectivity index (χ4n) is 4.70. The number of imidazole rings is 1. The molecule has 2 aromatic rings. The van der Waals surface area contributed by atoms with Crippen LogP contribution < -0.4 is 5.32 Å². The maximum absolute atomic E-state index is 13.1. The van der Waals surface area contributed by atoms with Crippen LogP contribution in [-0.4, -0.2) is 27.4 Å². The molecular formula is C22H28Cl2N4O. The Morgan fingerprint density at radius 1 is 1.21 bits per heavy atom. The monoisotopic (exact) mass is 434 g/mol. The number of hydrogen-bond acceptors (Lipinski definition) is 2. The van der Waals surface area contributed by atoms with Crippen LogP contribution >= 0.6 is 23.2 Å². The van der Waals surface area contributed by atoms with E-state index >= 15 is 0 Å². The van der Waals surface area contributed by atoms with Crippen LogP contribution in [0.1, 0.15) is 67.9 Å². The molecule has 2 N–H and O–H groups in total. The van der Waals surface area contributed by atoms with E-state index in [1.54, 1.807) is 18.5 Å². The number of halogens is 2. The van der Waals surface area contributed by atoms with Crippen molar-refractivity contribution in [1.29, 1.82) is 0 Å². The van der Waals surface area contributed by atoms with Gasteiger partial charge in [0.2, 0.25) is 0 Å². The van der Waals surface area contributed by atoms with Gasteiger partial charge < -0.3 is 15.2 Å². The van der Waals surface area contributed by atoms with Crippen molar-refractivity contribution >= 4 is 29.2 Å². The Balaban J connectivity index is 1.42. The highest BCUT2D eigenvalue weighted by Gasteiger charge is 2.33. The lowest BCUT2D eigenvalue weighted by molar-refractivity contribution is 0.156. The normalized spacial score (nSPS) is 19.8. The molecule has 29 heavy (non-hydrogen) atoms. The summed E-state index contributed by atoms with van der Waals surface area (Å²) >= 11 is 12.2. The van der Waals surface area contributed by atoms with Crippen molar-refractivity contribution in [1.82, 2.24) is 20.2 Å². The topological polar surface area (TPSA) is 61.0 Å². The summed E-state index contributed by atoms with van der Waals surface area (Å²) in [7, 11) is 0. The zero-order chi connectivity index (χ0) is 20.2. The molecule has 156 valence electrons. The van der Waals surface area contributed by atoms with Gasteiger partial charge in [-0.1, -0.05) is 61.4 Å². The van der Waals surface area contributed by atoms with Gasteiger partial charge in [0.25, 0.3) is 0 Å². The van der Waals surface area contributed by atoms with Gasteiger partial charge in [-0.3, -0.25) is 0 Å². The number of carbonyl (C=O) groups is 1. The zero-order valence-electron chi connectivity index (χ0n) is 16.6. The predicted molar refractivity (Wildman–Crippen MR) is 116 cm³/mol. The Bertz CT molecular complexity index is 847. The number of benzene rings is 1. The van der Waals surface area contributed by atoms with E-state index < -0.39 is 0 Å². The SMILES string of the molecule is O=C(NCc1ccc(Cl)cc1Cl)N1CCc2[nH]cnc2C1CCC1CCCCC1. The number of hydrogen-bond donors (Lipinski definition) is 2. The minimum Gasteiger partial charge on any atom is -0.348 e. The van der Waals surface area contributed by atoms with Gasteiger partial charge in [0.1, 0.15) is 0 Å². The number of H-pyrrole nitrogens is 1. The van der Waals surface area contributed by atoms with E-state index in [-0.39, 0.29) is 12.1 Å². The summed E-state index contributed by atoms with van der Waals surface area (Å²) in [4.78, 5) is 22.8. The smallest absolute Gasteiger partial charge is 0.318 e. The summed E-state index contributed by atoms with van der Waals surface area (Å²) in [5.41, 5.74) is 3.07. The number of carbonyl (C=O) groups excluding carboxylic acids is 1.